The second-order valence-corrected chi connectivity index (χ2v) is 1.82. The molecule has 0 fully saturated rings. The fourth-order valence-corrected chi connectivity index (χ4v) is 0.379. The molecule has 0 heterocycles. The van der Waals surface area contributed by atoms with Crippen molar-refractivity contribution in [2.45, 2.75) is 13.3 Å². The number of hydrogen-bond donors (Lipinski definition) is 2. The third kappa shape index (κ3) is 6.53. The van der Waals surface area contributed by atoms with E-state index in [0.29, 0.717) is 6.42 Å². The molecule has 0 aliphatic rings. The number of urea groups is 1. The van der Waals surface area contributed by atoms with Gasteiger partial charge in [0.1, 0.15) is 6.61 Å². The number of ether oxygens (including phenoxy) is 1. The highest BCUT2D eigenvalue weighted by atomic mass is 16.5. The molecule has 0 aliphatic carbocycles. The normalized spacial score (nSPS) is 9.75. The maximum atomic E-state index is 10.5. The molecule has 2 amide bonds. The molecular weight excluding hydrogens is 162 g/mol. The van der Waals surface area contributed by atoms with Crippen molar-refractivity contribution in [1.29, 1.82) is 0 Å². The van der Waals surface area contributed by atoms with Gasteiger partial charge in [0.2, 0.25) is 0 Å². The summed E-state index contributed by atoms with van der Waals surface area (Å²) in [5.41, 5.74) is 6.64. The van der Waals surface area contributed by atoms with Crippen LogP contribution in [-0.2, 0) is 9.53 Å². The van der Waals surface area contributed by atoms with E-state index in [1.54, 1.807) is 6.92 Å². The Morgan fingerprint density at radius 1 is 1.67 bits per heavy atom. The van der Waals surface area contributed by atoms with Crippen molar-refractivity contribution < 1.29 is 14.3 Å². The van der Waals surface area contributed by atoms with Crippen molar-refractivity contribution in [2.75, 3.05) is 6.61 Å². The quantitative estimate of drug-likeness (QED) is 0.344. The zero-order chi connectivity index (χ0) is 9.40. The maximum Gasteiger partial charge on any atom is 0.332 e. The van der Waals surface area contributed by atoms with Crippen molar-refractivity contribution in [3.63, 3.8) is 0 Å². The van der Waals surface area contributed by atoms with E-state index in [9.17, 15) is 9.59 Å². The summed E-state index contributed by atoms with van der Waals surface area (Å²) in [5, 5.41) is 3.35. The van der Waals surface area contributed by atoms with Crippen molar-refractivity contribution in [3.8, 4) is 0 Å². The molecule has 0 aromatic heterocycles. The third-order valence-corrected chi connectivity index (χ3v) is 0.874. The minimum absolute atomic E-state index is 0.0347. The van der Waals surface area contributed by atoms with Gasteiger partial charge < -0.3 is 10.5 Å². The van der Waals surface area contributed by atoms with Gasteiger partial charge in [-0.2, -0.15) is 5.10 Å². The van der Waals surface area contributed by atoms with E-state index in [1.807, 2.05) is 5.43 Å². The molecule has 0 atom stereocenters. The van der Waals surface area contributed by atoms with Crippen molar-refractivity contribution >= 4 is 18.2 Å². The van der Waals surface area contributed by atoms with Crippen molar-refractivity contribution in [1.82, 2.24) is 5.43 Å². The lowest BCUT2D eigenvalue weighted by atomic mass is 10.5. The number of hydrogen-bond acceptors (Lipinski definition) is 4. The van der Waals surface area contributed by atoms with Gasteiger partial charge >= 0.3 is 12.0 Å². The zero-order valence-corrected chi connectivity index (χ0v) is 6.74. The van der Waals surface area contributed by atoms with Gasteiger partial charge in [-0.25, -0.2) is 10.2 Å². The van der Waals surface area contributed by atoms with Gasteiger partial charge in [-0.1, -0.05) is 6.92 Å². The van der Waals surface area contributed by atoms with Crippen molar-refractivity contribution in [2.24, 2.45) is 10.8 Å². The molecule has 0 saturated carbocycles. The van der Waals surface area contributed by atoms with E-state index in [4.69, 9.17) is 0 Å². The first-order valence-corrected chi connectivity index (χ1v) is 3.39. The summed E-state index contributed by atoms with van der Waals surface area (Å²) < 4.78 is 4.59. The summed E-state index contributed by atoms with van der Waals surface area (Å²) in [5.74, 6) is -0.319. The predicted octanol–water partition coefficient (Wildman–Crippen LogP) is -0.406. The van der Waals surface area contributed by atoms with Gasteiger partial charge in [-0.05, 0) is 0 Å². The van der Waals surface area contributed by atoms with Crippen LogP contribution in [0.3, 0.4) is 0 Å². The van der Waals surface area contributed by atoms with Crippen LogP contribution < -0.4 is 11.2 Å². The summed E-state index contributed by atoms with van der Waals surface area (Å²) >= 11 is 0. The molecule has 68 valence electrons. The largest absolute Gasteiger partial charge is 0.460 e. The number of esters is 1. The summed E-state index contributed by atoms with van der Waals surface area (Å²) in [6.07, 6.45) is 1.55. The highest BCUT2D eigenvalue weighted by molar-refractivity contribution is 5.74. The molecule has 0 bridgehead atoms. The van der Waals surface area contributed by atoms with E-state index in [0.717, 1.165) is 0 Å². The van der Waals surface area contributed by atoms with Gasteiger partial charge in [0.25, 0.3) is 0 Å². The number of carbonyl (C=O) groups excluding carboxylic acids is 2. The van der Waals surface area contributed by atoms with Crippen LogP contribution in [-0.4, -0.2) is 24.8 Å². The number of carbonyl (C=O) groups is 2. The van der Waals surface area contributed by atoms with Gasteiger partial charge in [0, 0.05) is 6.42 Å². The molecule has 0 spiro atoms. The predicted molar refractivity (Wildman–Crippen MR) is 42.5 cm³/mol. The number of primary amides is 1. The molecular formula is C6H11N3O3. The summed E-state index contributed by atoms with van der Waals surface area (Å²) in [6, 6.07) is -0.756. The number of amides is 2. The molecule has 3 N–H and O–H groups in total. The lowest BCUT2D eigenvalue weighted by Gasteiger charge is -1.96. The van der Waals surface area contributed by atoms with Crippen LogP contribution >= 0.6 is 0 Å². The Bertz CT molecular complexity index is 190. The molecule has 0 radical (unpaired) electrons. The zero-order valence-electron chi connectivity index (χ0n) is 6.74. The van der Waals surface area contributed by atoms with Gasteiger partial charge in [0.05, 0.1) is 6.21 Å². The summed E-state index contributed by atoms with van der Waals surface area (Å²) in [7, 11) is 0. The lowest BCUT2D eigenvalue weighted by molar-refractivity contribution is -0.141. The maximum absolute atomic E-state index is 10.5. The van der Waals surface area contributed by atoms with E-state index < -0.39 is 6.03 Å². The van der Waals surface area contributed by atoms with Crippen molar-refractivity contribution in [3.05, 3.63) is 0 Å². The van der Waals surface area contributed by atoms with Crippen LogP contribution in [0.4, 0.5) is 4.79 Å². The topological polar surface area (TPSA) is 93.8 Å². The van der Waals surface area contributed by atoms with Crippen LogP contribution in [0.1, 0.15) is 13.3 Å². The Kier molecular flexibility index (Phi) is 5.33. The fourth-order valence-electron chi connectivity index (χ4n) is 0.379. The molecule has 0 saturated heterocycles. The van der Waals surface area contributed by atoms with Crippen LogP contribution in [0.15, 0.2) is 5.10 Å². The number of nitrogens with zero attached hydrogens (tertiary/aromatic N) is 1. The Hall–Kier alpha value is -1.59. The average molecular weight is 173 g/mol. The first-order valence-electron chi connectivity index (χ1n) is 3.39. The highest BCUT2D eigenvalue weighted by Gasteiger charge is 1.94. The average Bonchev–Trinajstić information content (AvgIpc) is 2.03. The summed E-state index contributed by atoms with van der Waals surface area (Å²) in [6.45, 7) is 1.72. The Morgan fingerprint density at radius 3 is 2.83 bits per heavy atom. The summed E-state index contributed by atoms with van der Waals surface area (Å²) in [4.78, 5) is 20.6. The molecule has 6 nitrogen and oxygen atoms in total. The molecule has 0 aliphatic heterocycles. The van der Waals surface area contributed by atoms with Crippen LogP contribution in [0, 0.1) is 0 Å². The first-order chi connectivity index (χ1) is 5.66. The standard InChI is InChI=1S/C6H11N3O3/c1-2-5(10)12-4-3-8-9-6(7)11/h3H,2,4H2,1H3,(H3,7,9,11). The van der Waals surface area contributed by atoms with Crippen LogP contribution in [0.2, 0.25) is 0 Å². The van der Waals surface area contributed by atoms with E-state index in [1.165, 1.54) is 6.21 Å². The van der Waals surface area contributed by atoms with E-state index in [2.05, 4.69) is 15.6 Å². The van der Waals surface area contributed by atoms with E-state index >= 15 is 0 Å². The second-order valence-electron chi connectivity index (χ2n) is 1.82. The molecule has 0 aromatic carbocycles. The molecule has 6 heteroatoms. The first kappa shape index (κ1) is 10.4. The van der Waals surface area contributed by atoms with Crippen LogP contribution in [0.5, 0.6) is 0 Å². The highest BCUT2D eigenvalue weighted by Crippen LogP contribution is 1.81. The minimum atomic E-state index is -0.756. The third-order valence-electron chi connectivity index (χ3n) is 0.874. The van der Waals surface area contributed by atoms with Gasteiger partial charge in [-0.15, -0.1) is 0 Å². The second kappa shape index (κ2) is 6.14. The lowest BCUT2D eigenvalue weighted by Crippen LogP contribution is -2.24. The van der Waals surface area contributed by atoms with Gasteiger partial charge in [0.15, 0.2) is 0 Å². The molecule has 0 aromatic rings. The number of rotatable bonds is 4. The smallest absolute Gasteiger partial charge is 0.332 e. The molecule has 0 rings (SSSR count). The SMILES string of the molecule is CCC(=O)OCC=NNC(N)=O. The monoisotopic (exact) mass is 173 g/mol. The Balaban J connectivity index is 3.36. The number of hydrazone groups is 1. The van der Waals surface area contributed by atoms with Gasteiger partial charge in [-0.3, -0.25) is 4.79 Å². The van der Waals surface area contributed by atoms with Crippen LogP contribution in [0.25, 0.3) is 0 Å². The fraction of sp³-hybridized carbons (Fsp3) is 0.500. The Morgan fingerprint density at radius 2 is 2.33 bits per heavy atom. The number of nitrogens with two attached hydrogens (primary N) is 1. The molecule has 0 unspecified atom stereocenters. The molecule has 12 heavy (non-hydrogen) atoms. The Labute approximate surface area is 69.8 Å². The van der Waals surface area contributed by atoms with E-state index in [-0.39, 0.29) is 12.6 Å². The minimum Gasteiger partial charge on any atom is -0.460 e. The number of nitrogens with one attached hydrogen (secondary N) is 1.